The lowest BCUT2D eigenvalue weighted by Crippen LogP contribution is -2.41. The number of para-hydroxylation sites is 2. The van der Waals surface area contributed by atoms with Crippen LogP contribution in [0.25, 0.3) is 0 Å². The summed E-state index contributed by atoms with van der Waals surface area (Å²) >= 11 is 0. The Morgan fingerprint density at radius 2 is 1.42 bits per heavy atom. The Labute approximate surface area is 202 Å². The second kappa shape index (κ2) is 7.80. The molecule has 0 spiro atoms. The van der Waals surface area contributed by atoms with E-state index in [1.165, 1.54) is 30.4 Å². The van der Waals surface area contributed by atoms with Crippen molar-refractivity contribution in [2.45, 2.75) is 64.4 Å². The predicted octanol–water partition coefficient (Wildman–Crippen LogP) is 7.78. The van der Waals surface area contributed by atoms with E-state index < -0.39 is 13.0 Å². The van der Waals surface area contributed by atoms with Crippen LogP contribution < -0.4 is 9.80 Å². The molecule has 2 nitrogen and oxygen atoms in total. The molecule has 2 unspecified atom stereocenters. The van der Waals surface area contributed by atoms with Crippen LogP contribution in [0.3, 0.4) is 0 Å². The highest BCUT2D eigenvalue weighted by Crippen LogP contribution is 2.62. The maximum Gasteiger partial charge on any atom is 0.108 e. The van der Waals surface area contributed by atoms with Gasteiger partial charge in [-0.25, -0.2) is 0 Å². The average Bonchev–Trinajstić information content (AvgIpc) is 3.36. The largest absolute Gasteiger partial charge is 0.322 e. The SMILES string of the molecule is [2H]C([2H])([2H])C1N(c2ccccc2C)C(C)=C2N1c1ccccc1C2(c1ccccc1)C1CCCCC1. The first-order valence-electron chi connectivity index (χ1n) is 13.9. The van der Waals surface area contributed by atoms with Crippen molar-refractivity contribution in [3.8, 4) is 0 Å². The second-order valence-corrected chi connectivity index (χ2v) is 9.86. The molecule has 168 valence electrons. The van der Waals surface area contributed by atoms with Crippen LogP contribution in [0.15, 0.2) is 90.3 Å². The van der Waals surface area contributed by atoms with Gasteiger partial charge in [0.05, 0.1) is 11.1 Å². The molecule has 0 aromatic heterocycles. The van der Waals surface area contributed by atoms with Gasteiger partial charge < -0.3 is 9.80 Å². The van der Waals surface area contributed by atoms with Crippen LogP contribution in [0, 0.1) is 12.8 Å². The summed E-state index contributed by atoms with van der Waals surface area (Å²) in [7, 11) is 0. The van der Waals surface area contributed by atoms with Gasteiger partial charge in [0.1, 0.15) is 6.17 Å². The smallest absolute Gasteiger partial charge is 0.108 e. The van der Waals surface area contributed by atoms with E-state index in [0.717, 1.165) is 41.2 Å². The van der Waals surface area contributed by atoms with Gasteiger partial charge in [0, 0.05) is 21.2 Å². The van der Waals surface area contributed by atoms with Gasteiger partial charge in [0.25, 0.3) is 0 Å². The summed E-state index contributed by atoms with van der Waals surface area (Å²) in [6.07, 6.45) is 5.23. The maximum atomic E-state index is 8.76. The summed E-state index contributed by atoms with van der Waals surface area (Å²) in [6, 6.07) is 27.6. The topological polar surface area (TPSA) is 6.48 Å². The normalized spacial score (nSPS) is 26.6. The minimum Gasteiger partial charge on any atom is -0.322 e. The Balaban J connectivity index is 1.71. The number of hydrogen-bond donors (Lipinski definition) is 0. The van der Waals surface area contributed by atoms with E-state index >= 15 is 0 Å². The predicted molar refractivity (Wildman–Crippen MR) is 139 cm³/mol. The summed E-state index contributed by atoms with van der Waals surface area (Å²) in [5.41, 5.74) is 7.47. The average molecular weight is 438 g/mol. The Bertz CT molecular complexity index is 1310. The van der Waals surface area contributed by atoms with Gasteiger partial charge in [-0.1, -0.05) is 86.0 Å². The third kappa shape index (κ3) is 2.79. The van der Waals surface area contributed by atoms with Gasteiger partial charge in [-0.3, -0.25) is 0 Å². The third-order valence-electron chi connectivity index (χ3n) is 8.22. The van der Waals surface area contributed by atoms with Gasteiger partial charge in [-0.2, -0.15) is 0 Å². The molecule has 0 saturated heterocycles. The van der Waals surface area contributed by atoms with Gasteiger partial charge in [-0.05, 0) is 68.3 Å². The lowest BCUT2D eigenvalue weighted by atomic mass is 9.60. The standard InChI is InChI=1S/C31H34N2/c1-22-14-10-12-20-28(22)32-23(2)30-31(25-15-6-4-7-16-25,26-17-8-5-9-18-26)27-19-11-13-21-29(27)33(30)24(32)3/h4,6-7,10-16,19-21,24,26H,5,8-9,17-18H2,1-3H3/i3D3. The highest BCUT2D eigenvalue weighted by atomic mass is 15.4. The zero-order chi connectivity index (χ0) is 25.1. The molecule has 0 bridgehead atoms. The fourth-order valence-corrected chi connectivity index (χ4v) is 6.91. The zero-order valence-electron chi connectivity index (χ0n) is 22.6. The molecule has 2 atom stereocenters. The molecule has 2 heterocycles. The Morgan fingerprint density at radius 1 is 0.758 bits per heavy atom. The van der Waals surface area contributed by atoms with E-state index in [4.69, 9.17) is 4.11 Å². The van der Waals surface area contributed by atoms with Crippen molar-refractivity contribution in [1.82, 2.24) is 0 Å². The molecular formula is C31H34N2. The summed E-state index contributed by atoms with van der Waals surface area (Å²) in [5.74, 6) is 0.416. The number of benzene rings is 3. The molecular weight excluding hydrogens is 400 g/mol. The fourth-order valence-electron chi connectivity index (χ4n) is 6.91. The van der Waals surface area contributed by atoms with E-state index in [0.29, 0.717) is 5.92 Å². The van der Waals surface area contributed by atoms with E-state index in [1.54, 1.807) is 0 Å². The van der Waals surface area contributed by atoms with Gasteiger partial charge in [0.15, 0.2) is 0 Å². The van der Waals surface area contributed by atoms with Crippen LogP contribution in [0.4, 0.5) is 11.4 Å². The van der Waals surface area contributed by atoms with Gasteiger partial charge in [0.2, 0.25) is 0 Å². The van der Waals surface area contributed by atoms with Crippen molar-refractivity contribution < 1.29 is 4.11 Å². The van der Waals surface area contributed by atoms with Crippen molar-refractivity contribution in [2.24, 2.45) is 5.92 Å². The number of allylic oxidation sites excluding steroid dienone is 2. The van der Waals surface area contributed by atoms with Crippen molar-refractivity contribution in [2.75, 3.05) is 9.80 Å². The maximum absolute atomic E-state index is 8.76. The lowest BCUT2D eigenvalue weighted by Gasteiger charge is -2.42. The quantitative estimate of drug-likeness (QED) is 0.413. The van der Waals surface area contributed by atoms with E-state index in [2.05, 4.69) is 90.4 Å². The molecule has 0 amide bonds. The second-order valence-electron chi connectivity index (χ2n) is 9.86. The van der Waals surface area contributed by atoms with E-state index in [1.807, 2.05) is 12.1 Å². The van der Waals surface area contributed by atoms with Gasteiger partial charge in [-0.15, -0.1) is 0 Å². The molecule has 3 aromatic rings. The van der Waals surface area contributed by atoms with Crippen LogP contribution in [-0.2, 0) is 5.41 Å². The van der Waals surface area contributed by atoms with E-state index in [-0.39, 0.29) is 5.41 Å². The molecule has 1 fully saturated rings. The van der Waals surface area contributed by atoms with Crippen LogP contribution in [0.5, 0.6) is 0 Å². The number of aryl methyl sites for hydroxylation is 1. The summed E-state index contributed by atoms with van der Waals surface area (Å²) < 4.78 is 26.3. The number of rotatable bonds is 3. The molecule has 3 aliphatic rings. The molecule has 1 aliphatic carbocycles. The first kappa shape index (κ1) is 17.5. The van der Waals surface area contributed by atoms with Crippen LogP contribution in [0.2, 0.25) is 0 Å². The van der Waals surface area contributed by atoms with Crippen molar-refractivity contribution in [3.63, 3.8) is 0 Å². The zero-order valence-corrected chi connectivity index (χ0v) is 19.6. The van der Waals surface area contributed by atoms with Crippen LogP contribution in [0.1, 0.15) is 66.7 Å². The van der Waals surface area contributed by atoms with Crippen LogP contribution in [-0.4, -0.2) is 6.17 Å². The highest BCUT2D eigenvalue weighted by molar-refractivity contribution is 5.81. The molecule has 1 saturated carbocycles. The molecule has 2 aliphatic heterocycles. The number of anilines is 2. The molecule has 0 radical (unpaired) electrons. The summed E-state index contributed by atoms with van der Waals surface area (Å²) in [5, 5.41) is 0. The first-order chi connectivity index (χ1) is 17.4. The highest BCUT2D eigenvalue weighted by Gasteiger charge is 2.58. The first-order valence-corrected chi connectivity index (χ1v) is 12.4. The lowest BCUT2D eigenvalue weighted by molar-refractivity contribution is 0.271. The minimum atomic E-state index is -2.21. The minimum absolute atomic E-state index is 0.372. The van der Waals surface area contributed by atoms with Crippen molar-refractivity contribution in [3.05, 3.63) is 107 Å². The van der Waals surface area contributed by atoms with Crippen molar-refractivity contribution >= 4 is 11.4 Å². The molecule has 33 heavy (non-hydrogen) atoms. The molecule has 3 aromatic carbocycles. The number of nitrogens with zero attached hydrogens (tertiary/aromatic N) is 2. The van der Waals surface area contributed by atoms with Crippen LogP contribution >= 0.6 is 0 Å². The molecule has 2 heteroatoms. The number of hydrogen-bond acceptors (Lipinski definition) is 2. The number of fused-ring (bicyclic) bond motifs is 3. The monoisotopic (exact) mass is 437 g/mol. The Morgan fingerprint density at radius 3 is 2.15 bits per heavy atom. The fraction of sp³-hybridized carbons (Fsp3) is 0.355. The molecule has 6 rings (SSSR count). The third-order valence-corrected chi connectivity index (χ3v) is 8.22. The summed E-state index contributed by atoms with van der Waals surface area (Å²) in [6.45, 7) is 2.01. The van der Waals surface area contributed by atoms with E-state index in [9.17, 15) is 0 Å². The summed E-state index contributed by atoms with van der Waals surface area (Å²) in [4.78, 5) is 4.29. The Kier molecular flexibility index (Phi) is 4.13. The van der Waals surface area contributed by atoms with Gasteiger partial charge >= 0.3 is 0 Å². The van der Waals surface area contributed by atoms with Crippen molar-refractivity contribution in [1.29, 1.82) is 0 Å². The molecule has 0 N–H and O–H groups in total. The Hall–Kier alpha value is -3.00.